The maximum absolute atomic E-state index is 10.4. The second kappa shape index (κ2) is 3.40. The molecule has 1 aromatic heterocycles. The number of hydrogen-bond acceptors (Lipinski definition) is 3. The summed E-state index contributed by atoms with van der Waals surface area (Å²) in [5.74, 6) is -0.603. The van der Waals surface area contributed by atoms with Gasteiger partial charge in [0.15, 0.2) is 0 Å². The Kier molecular flexibility index (Phi) is 2.50. The number of carbonyl (C=O) groups is 1. The number of methoxy groups -OCH3 is 1. The average Bonchev–Trinajstić information content (AvgIpc) is 2.51. The van der Waals surface area contributed by atoms with Crippen molar-refractivity contribution in [1.82, 2.24) is 0 Å². The van der Waals surface area contributed by atoms with Crippen molar-refractivity contribution >= 4 is 5.97 Å². The van der Waals surface area contributed by atoms with Crippen molar-refractivity contribution in [2.24, 2.45) is 0 Å². The van der Waals surface area contributed by atoms with Gasteiger partial charge in [-0.05, 0) is 19.1 Å². The Morgan fingerprint density at radius 1 is 1.67 bits per heavy atom. The van der Waals surface area contributed by atoms with Crippen LogP contribution in [0.15, 0.2) is 16.5 Å². The number of aromatic carboxylic acids is 1. The van der Waals surface area contributed by atoms with Gasteiger partial charge in [0.2, 0.25) is 5.76 Å². The molecule has 1 aromatic rings. The molecule has 1 N–H and O–H groups in total. The minimum absolute atomic E-state index is 0.0612. The van der Waals surface area contributed by atoms with Gasteiger partial charge in [0.05, 0.1) is 0 Å². The zero-order valence-electron chi connectivity index (χ0n) is 6.90. The third-order valence-corrected chi connectivity index (χ3v) is 1.59. The van der Waals surface area contributed by atoms with E-state index in [9.17, 15) is 4.79 Å². The monoisotopic (exact) mass is 170 g/mol. The molecule has 1 rings (SSSR count). The Hall–Kier alpha value is -1.29. The van der Waals surface area contributed by atoms with Crippen molar-refractivity contribution in [3.63, 3.8) is 0 Å². The number of carboxylic acid groups (broad SMARTS) is 1. The van der Waals surface area contributed by atoms with E-state index in [4.69, 9.17) is 14.3 Å². The highest BCUT2D eigenvalue weighted by atomic mass is 16.5. The SMILES string of the molecule is COC(C)c1ccc(C(=O)O)o1. The first-order chi connectivity index (χ1) is 5.65. The fourth-order valence-corrected chi connectivity index (χ4v) is 0.802. The highest BCUT2D eigenvalue weighted by Crippen LogP contribution is 2.18. The van der Waals surface area contributed by atoms with Crippen LogP contribution in [0, 0.1) is 0 Å². The number of rotatable bonds is 3. The van der Waals surface area contributed by atoms with Crippen LogP contribution in [-0.4, -0.2) is 18.2 Å². The van der Waals surface area contributed by atoms with E-state index in [0.29, 0.717) is 5.76 Å². The fourth-order valence-electron chi connectivity index (χ4n) is 0.802. The lowest BCUT2D eigenvalue weighted by Crippen LogP contribution is -1.94. The molecule has 0 saturated carbocycles. The molecule has 0 radical (unpaired) electrons. The summed E-state index contributed by atoms with van der Waals surface area (Å²) in [6.45, 7) is 1.78. The van der Waals surface area contributed by atoms with Gasteiger partial charge >= 0.3 is 5.97 Å². The van der Waals surface area contributed by atoms with Crippen LogP contribution >= 0.6 is 0 Å². The summed E-state index contributed by atoms with van der Waals surface area (Å²) in [5.41, 5.74) is 0. The molecule has 1 atom stereocenters. The number of carboxylic acids is 1. The van der Waals surface area contributed by atoms with Crippen molar-refractivity contribution in [1.29, 1.82) is 0 Å². The van der Waals surface area contributed by atoms with E-state index in [2.05, 4.69) is 0 Å². The standard InChI is InChI=1S/C8H10O4/c1-5(11-2)6-3-4-7(12-6)8(9)10/h3-5H,1-2H3,(H,9,10). The first kappa shape index (κ1) is 8.80. The Balaban J connectivity index is 2.84. The molecule has 66 valence electrons. The van der Waals surface area contributed by atoms with Gasteiger partial charge in [-0.25, -0.2) is 4.79 Å². The molecule has 0 amide bonds. The summed E-state index contributed by atoms with van der Waals surface area (Å²) < 4.78 is 9.92. The number of hydrogen-bond donors (Lipinski definition) is 1. The lowest BCUT2D eigenvalue weighted by atomic mass is 10.3. The maximum atomic E-state index is 10.4. The molecule has 1 heterocycles. The van der Waals surface area contributed by atoms with Crippen LogP contribution < -0.4 is 0 Å². The normalized spacial score (nSPS) is 12.8. The van der Waals surface area contributed by atoms with Gasteiger partial charge in [-0.2, -0.15) is 0 Å². The van der Waals surface area contributed by atoms with Gasteiger partial charge in [-0.15, -0.1) is 0 Å². The molecule has 0 spiro atoms. The molecule has 0 aromatic carbocycles. The van der Waals surface area contributed by atoms with Gasteiger partial charge in [-0.3, -0.25) is 0 Å². The van der Waals surface area contributed by atoms with Crippen LogP contribution in [0.25, 0.3) is 0 Å². The predicted molar refractivity (Wildman–Crippen MR) is 41.1 cm³/mol. The molecule has 0 aliphatic carbocycles. The molecule has 4 heteroatoms. The molecule has 1 unspecified atom stereocenters. The Morgan fingerprint density at radius 3 is 2.75 bits per heavy atom. The Bertz CT molecular complexity index is 276. The van der Waals surface area contributed by atoms with Crippen LogP contribution in [0.2, 0.25) is 0 Å². The quantitative estimate of drug-likeness (QED) is 0.749. The van der Waals surface area contributed by atoms with Crippen molar-refractivity contribution in [2.75, 3.05) is 7.11 Å². The highest BCUT2D eigenvalue weighted by Gasteiger charge is 2.12. The van der Waals surface area contributed by atoms with Gasteiger partial charge in [0.25, 0.3) is 0 Å². The molecule has 0 aliphatic heterocycles. The molecule has 12 heavy (non-hydrogen) atoms. The molecule has 0 aliphatic rings. The Labute approximate surface area is 69.8 Å². The van der Waals surface area contributed by atoms with Crippen LogP contribution in [-0.2, 0) is 4.74 Å². The van der Waals surface area contributed by atoms with E-state index in [0.717, 1.165) is 0 Å². The summed E-state index contributed by atoms with van der Waals surface area (Å²) in [7, 11) is 1.54. The summed E-state index contributed by atoms with van der Waals surface area (Å²) >= 11 is 0. The molecular formula is C8H10O4. The van der Waals surface area contributed by atoms with Gasteiger partial charge in [0, 0.05) is 7.11 Å². The third-order valence-electron chi connectivity index (χ3n) is 1.59. The minimum atomic E-state index is -1.07. The van der Waals surface area contributed by atoms with E-state index in [-0.39, 0.29) is 11.9 Å². The van der Waals surface area contributed by atoms with E-state index in [1.54, 1.807) is 13.0 Å². The van der Waals surface area contributed by atoms with Gasteiger partial charge in [0.1, 0.15) is 11.9 Å². The van der Waals surface area contributed by atoms with Crippen LogP contribution in [0.1, 0.15) is 29.3 Å². The van der Waals surface area contributed by atoms with E-state index >= 15 is 0 Å². The average molecular weight is 170 g/mol. The van der Waals surface area contributed by atoms with Crippen LogP contribution in [0.5, 0.6) is 0 Å². The van der Waals surface area contributed by atoms with E-state index in [1.165, 1.54) is 13.2 Å². The number of furan rings is 1. The largest absolute Gasteiger partial charge is 0.475 e. The zero-order valence-corrected chi connectivity index (χ0v) is 6.90. The first-order valence-electron chi connectivity index (χ1n) is 3.51. The third kappa shape index (κ3) is 1.65. The van der Waals surface area contributed by atoms with Crippen molar-refractivity contribution in [3.8, 4) is 0 Å². The second-order valence-corrected chi connectivity index (χ2v) is 2.39. The summed E-state index contributed by atoms with van der Waals surface area (Å²) in [5, 5.41) is 8.52. The molecule has 4 nitrogen and oxygen atoms in total. The topological polar surface area (TPSA) is 59.7 Å². The van der Waals surface area contributed by atoms with Crippen molar-refractivity contribution in [3.05, 3.63) is 23.7 Å². The van der Waals surface area contributed by atoms with Crippen molar-refractivity contribution < 1.29 is 19.1 Å². The van der Waals surface area contributed by atoms with Gasteiger partial charge in [-0.1, -0.05) is 0 Å². The second-order valence-electron chi connectivity index (χ2n) is 2.39. The smallest absolute Gasteiger partial charge is 0.371 e. The first-order valence-corrected chi connectivity index (χ1v) is 3.51. The summed E-state index contributed by atoms with van der Waals surface area (Å²) in [4.78, 5) is 10.4. The summed E-state index contributed by atoms with van der Waals surface area (Å²) in [6, 6.07) is 3.00. The molecule has 0 bridgehead atoms. The number of ether oxygens (including phenoxy) is 1. The zero-order chi connectivity index (χ0) is 9.14. The fraction of sp³-hybridized carbons (Fsp3) is 0.375. The maximum Gasteiger partial charge on any atom is 0.371 e. The lowest BCUT2D eigenvalue weighted by Gasteiger charge is -2.03. The lowest BCUT2D eigenvalue weighted by molar-refractivity contribution is 0.0639. The van der Waals surface area contributed by atoms with Crippen LogP contribution in [0.4, 0.5) is 0 Å². The van der Waals surface area contributed by atoms with Crippen molar-refractivity contribution in [2.45, 2.75) is 13.0 Å². The minimum Gasteiger partial charge on any atom is -0.475 e. The van der Waals surface area contributed by atoms with E-state index < -0.39 is 5.97 Å². The predicted octanol–water partition coefficient (Wildman–Crippen LogP) is 1.69. The molecule has 0 fully saturated rings. The molecule has 0 saturated heterocycles. The van der Waals surface area contributed by atoms with Crippen LogP contribution in [0.3, 0.4) is 0 Å². The molecular weight excluding hydrogens is 160 g/mol. The van der Waals surface area contributed by atoms with E-state index in [1.807, 2.05) is 0 Å². The highest BCUT2D eigenvalue weighted by molar-refractivity contribution is 5.84. The van der Waals surface area contributed by atoms with Gasteiger partial charge < -0.3 is 14.3 Å². The summed E-state index contributed by atoms with van der Waals surface area (Å²) in [6.07, 6.45) is -0.210. The Morgan fingerprint density at radius 2 is 2.33 bits per heavy atom.